The van der Waals surface area contributed by atoms with Crippen LogP contribution in [0.1, 0.15) is 39.5 Å². The molecule has 0 aromatic rings. The van der Waals surface area contributed by atoms with Crippen molar-refractivity contribution in [2.75, 3.05) is 0 Å². The van der Waals surface area contributed by atoms with Crippen LogP contribution in [-0.2, 0) is 4.79 Å². The van der Waals surface area contributed by atoms with Gasteiger partial charge in [0.25, 0.3) is 0 Å². The van der Waals surface area contributed by atoms with E-state index in [1.807, 2.05) is 5.32 Å². The van der Waals surface area contributed by atoms with E-state index in [-0.39, 0.29) is 25.7 Å². The molecule has 0 aliphatic heterocycles. The van der Waals surface area contributed by atoms with Crippen molar-refractivity contribution in [1.82, 2.24) is 10.6 Å². The summed E-state index contributed by atoms with van der Waals surface area (Å²) in [6, 6.07) is -0.926. The minimum absolute atomic E-state index is 0.126. The van der Waals surface area contributed by atoms with Crippen LogP contribution in [0.3, 0.4) is 0 Å². The third-order valence-corrected chi connectivity index (χ3v) is 3.06. The maximum Gasteiger partial charge on any atom is 0.411 e. The number of amides is 2. The molecule has 1 aliphatic carbocycles. The molecule has 1 aliphatic rings. The molecule has 19 heavy (non-hydrogen) atoms. The summed E-state index contributed by atoms with van der Waals surface area (Å²) in [7, 11) is 0. The smallest absolute Gasteiger partial charge is 0.411 e. The Morgan fingerprint density at radius 1 is 1.26 bits per heavy atom. The van der Waals surface area contributed by atoms with Gasteiger partial charge in [-0.15, -0.1) is 0 Å². The number of rotatable bonds is 5. The number of carbonyl (C=O) groups is 2. The van der Waals surface area contributed by atoms with E-state index in [4.69, 9.17) is 5.11 Å². The number of urea groups is 1. The van der Waals surface area contributed by atoms with Gasteiger partial charge in [0.15, 0.2) is 0 Å². The van der Waals surface area contributed by atoms with Crippen LogP contribution in [0.15, 0.2) is 0 Å². The molecule has 0 bridgehead atoms. The number of carbonyl (C=O) groups excluding carboxylic acids is 1. The molecule has 0 aromatic carbocycles. The molecule has 5 nitrogen and oxygen atoms in total. The Bertz CT molecular complexity index is 376. The van der Waals surface area contributed by atoms with Gasteiger partial charge in [-0.1, -0.05) is 0 Å². The number of hydrogen-bond donors (Lipinski definition) is 3. The molecular weight excluding hydrogens is 265 g/mol. The lowest BCUT2D eigenvalue weighted by atomic mass is 9.99. The number of alkyl halides is 3. The Labute approximate surface area is 108 Å². The van der Waals surface area contributed by atoms with Gasteiger partial charge in [-0.05, 0) is 33.1 Å². The number of halogens is 3. The molecule has 1 fully saturated rings. The average molecular weight is 282 g/mol. The number of hydrogen-bond acceptors (Lipinski definition) is 2. The lowest BCUT2D eigenvalue weighted by Gasteiger charge is -2.28. The maximum absolute atomic E-state index is 12.6. The zero-order valence-electron chi connectivity index (χ0n) is 10.7. The highest BCUT2D eigenvalue weighted by Crippen LogP contribution is 2.48. The molecule has 3 N–H and O–H groups in total. The largest absolute Gasteiger partial charge is 0.481 e. The number of aliphatic carboxylic acids is 1. The van der Waals surface area contributed by atoms with E-state index < -0.39 is 29.3 Å². The Morgan fingerprint density at radius 3 is 2.16 bits per heavy atom. The first-order chi connectivity index (χ1) is 8.47. The predicted octanol–water partition coefficient (Wildman–Crippen LogP) is 2.02. The van der Waals surface area contributed by atoms with Crippen LogP contribution in [0.25, 0.3) is 0 Å². The molecule has 1 saturated carbocycles. The van der Waals surface area contributed by atoms with Crippen LogP contribution in [-0.4, -0.2) is 34.4 Å². The average Bonchev–Trinajstić information content (AvgIpc) is 2.94. The van der Waals surface area contributed by atoms with Crippen molar-refractivity contribution in [3.8, 4) is 0 Å². The second-order valence-electron chi connectivity index (χ2n) is 5.44. The third kappa shape index (κ3) is 4.29. The fraction of sp³-hybridized carbons (Fsp3) is 0.818. The van der Waals surface area contributed by atoms with Crippen LogP contribution >= 0.6 is 0 Å². The van der Waals surface area contributed by atoms with E-state index in [2.05, 4.69) is 5.32 Å². The van der Waals surface area contributed by atoms with E-state index >= 15 is 0 Å². The molecule has 0 heterocycles. The normalized spacial score (nSPS) is 17.7. The lowest BCUT2D eigenvalue weighted by Crippen LogP contribution is -2.56. The molecule has 0 radical (unpaired) electrons. The second kappa shape index (κ2) is 4.90. The summed E-state index contributed by atoms with van der Waals surface area (Å²) in [6.07, 6.45) is -4.75. The SMILES string of the molecule is CC(C)(CCC(=O)O)NC(=O)NC1(C(F)(F)F)CC1. The van der Waals surface area contributed by atoms with Crippen LogP contribution in [0.4, 0.5) is 18.0 Å². The van der Waals surface area contributed by atoms with Crippen molar-refractivity contribution >= 4 is 12.0 Å². The van der Waals surface area contributed by atoms with Crippen molar-refractivity contribution in [3.05, 3.63) is 0 Å². The van der Waals surface area contributed by atoms with E-state index in [1.54, 1.807) is 13.8 Å². The van der Waals surface area contributed by atoms with E-state index in [9.17, 15) is 22.8 Å². The molecule has 2 amide bonds. The molecule has 0 saturated heterocycles. The summed E-state index contributed by atoms with van der Waals surface area (Å²) in [4.78, 5) is 22.0. The van der Waals surface area contributed by atoms with Gasteiger partial charge in [0, 0.05) is 12.0 Å². The van der Waals surface area contributed by atoms with Gasteiger partial charge in [0.05, 0.1) is 0 Å². The van der Waals surface area contributed by atoms with Crippen molar-refractivity contribution in [2.24, 2.45) is 0 Å². The summed E-state index contributed by atoms with van der Waals surface area (Å²) in [5, 5.41) is 12.8. The number of carboxylic acid groups (broad SMARTS) is 1. The van der Waals surface area contributed by atoms with E-state index in [0.29, 0.717) is 0 Å². The standard InChI is InChI=1S/C11H17F3N2O3/c1-9(2,4-3-7(17)18)15-8(19)16-10(5-6-10)11(12,13)14/h3-6H2,1-2H3,(H,17,18)(H2,15,16,19). The minimum atomic E-state index is -4.46. The highest BCUT2D eigenvalue weighted by atomic mass is 19.4. The summed E-state index contributed by atoms with van der Waals surface area (Å²) in [5.74, 6) is -1.02. The van der Waals surface area contributed by atoms with Gasteiger partial charge in [-0.2, -0.15) is 13.2 Å². The first-order valence-electron chi connectivity index (χ1n) is 5.86. The first kappa shape index (κ1) is 15.6. The molecule has 0 atom stereocenters. The highest BCUT2D eigenvalue weighted by Gasteiger charge is 2.64. The fourth-order valence-electron chi connectivity index (χ4n) is 1.64. The van der Waals surface area contributed by atoms with Gasteiger partial charge in [-0.25, -0.2) is 4.79 Å². The summed E-state index contributed by atoms with van der Waals surface area (Å²) in [5.41, 5.74) is -3.00. The summed E-state index contributed by atoms with van der Waals surface area (Å²) in [6.45, 7) is 3.12. The molecule has 110 valence electrons. The maximum atomic E-state index is 12.6. The van der Waals surface area contributed by atoms with Crippen molar-refractivity contribution in [3.63, 3.8) is 0 Å². The van der Waals surface area contributed by atoms with Crippen LogP contribution in [0, 0.1) is 0 Å². The van der Waals surface area contributed by atoms with Crippen LogP contribution < -0.4 is 10.6 Å². The van der Waals surface area contributed by atoms with Crippen LogP contribution in [0.5, 0.6) is 0 Å². The summed E-state index contributed by atoms with van der Waals surface area (Å²) >= 11 is 0. The van der Waals surface area contributed by atoms with Gasteiger partial charge in [-0.3, -0.25) is 4.79 Å². The highest BCUT2D eigenvalue weighted by molar-refractivity contribution is 5.76. The molecule has 0 aromatic heterocycles. The van der Waals surface area contributed by atoms with Gasteiger partial charge >= 0.3 is 18.2 Å². The van der Waals surface area contributed by atoms with Gasteiger partial charge in [0.2, 0.25) is 0 Å². The van der Waals surface area contributed by atoms with Crippen molar-refractivity contribution < 1.29 is 27.9 Å². The minimum Gasteiger partial charge on any atom is -0.481 e. The summed E-state index contributed by atoms with van der Waals surface area (Å²) < 4.78 is 37.9. The fourth-order valence-corrected chi connectivity index (χ4v) is 1.64. The topological polar surface area (TPSA) is 78.4 Å². The second-order valence-corrected chi connectivity index (χ2v) is 5.44. The number of carboxylic acids is 1. The molecule has 1 rings (SSSR count). The van der Waals surface area contributed by atoms with Crippen LogP contribution in [0.2, 0.25) is 0 Å². The van der Waals surface area contributed by atoms with E-state index in [1.165, 1.54) is 0 Å². The predicted molar refractivity (Wildman–Crippen MR) is 60.6 cm³/mol. The quantitative estimate of drug-likeness (QED) is 0.722. The molecular formula is C11H17F3N2O3. The number of nitrogens with one attached hydrogen (secondary N) is 2. The Morgan fingerprint density at radius 2 is 1.79 bits per heavy atom. The Hall–Kier alpha value is -1.47. The van der Waals surface area contributed by atoms with Gasteiger partial charge in [0.1, 0.15) is 5.54 Å². The van der Waals surface area contributed by atoms with Crippen molar-refractivity contribution in [2.45, 2.75) is 56.8 Å². The molecule has 8 heteroatoms. The van der Waals surface area contributed by atoms with E-state index in [0.717, 1.165) is 0 Å². The van der Waals surface area contributed by atoms with Gasteiger partial charge < -0.3 is 15.7 Å². The lowest BCUT2D eigenvalue weighted by molar-refractivity contribution is -0.162. The first-order valence-corrected chi connectivity index (χ1v) is 5.86. The molecule has 0 spiro atoms. The Kier molecular flexibility index (Phi) is 4.02. The Balaban J connectivity index is 2.49. The van der Waals surface area contributed by atoms with Crippen molar-refractivity contribution in [1.29, 1.82) is 0 Å². The monoisotopic (exact) mass is 282 g/mol. The zero-order valence-corrected chi connectivity index (χ0v) is 10.7. The molecule has 0 unspecified atom stereocenters. The zero-order chi connectivity index (χ0) is 14.9. The third-order valence-electron chi connectivity index (χ3n) is 3.06.